The average molecular weight is 233 g/mol. The molecular formula is C13H15NO3. The first-order valence-corrected chi connectivity index (χ1v) is 5.63. The molecule has 1 aromatic carbocycles. The maximum atomic E-state index is 12.0. The van der Waals surface area contributed by atoms with Crippen LogP contribution in [-0.4, -0.2) is 24.3 Å². The van der Waals surface area contributed by atoms with Gasteiger partial charge in [-0.25, -0.2) is 0 Å². The Morgan fingerprint density at radius 3 is 2.71 bits per heavy atom. The number of fused-ring (bicyclic) bond motifs is 1. The van der Waals surface area contributed by atoms with Crippen molar-refractivity contribution in [2.24, 2.45) is 0 Å². The fourth-order valence-corrected chi connectivity index (χ4v) is 1.98. The summed E-state index contributed by atoms with van der Waals surface area (Å²) in [5.74, 6) is 0.576. The van der Waals surface area contributed by atoms with Crippen LogP contribution in [0.15, 0.2) is 18.2 Å². The lowest BCUT2D eigenvalue weighted by molar-refractivity contribution is -0.125. The van der Waals surface area contributed by atoms with Crippen molar-refractivity contribution in [2.75, 3.05) is 4.90 Å². The molecule has 0 aliphatic carbocycles. The number of ether oxygens (including phenoxy) is 1. The van der Waals surface area contributed by atoms with Crippen LogP contribution in [0.4, 0.5) is 5.69 Å². The fraction of sp³-hybridized carbons (Fsp3) is 0.385. The van der Waals surface area contributed by atoms with Gasteiger partial charge >= 0.3 is 0 Å². The summed E-state index contributed by atoms with van der Waals surface area (Å²) in [6, 6.07) is 5.14. The van der Waals surface area contributed by atoms with E-state index in [1.807, 2.05) is 13.8 Å². The van der Waals surface area contributed by atoms with E-state index >= 15 is 0 Å². The number of amides is 1. The highest BCUT2D eigenvalue weighted by Gasteiger charge is 2.33. The highest BCUT2D eigenvalue weighted by atomic mass is 16.5. The van der Waals surface area contributed by atoms with Gasteiger partial charge in [-0.2, -0.15) is 0 Å². The van der Waals surface area contributed by atoms with Crippen molar-refractivity contribution < 1.29 is 14.3 Å². The number of carbonyl (C=O) groups excluding carboxylic acids is 2. The SMILES string of the molecule is CC1Oc2ccc(C=O)cc2N(C(C)C)C1=O. The number of benzene rings is 1. The van der Waals surface area contributed by atoms with E-state index in [0.29, 0.717) is 17.0 Å². The summed E-state index contributed by atoms with van der Waals surface area (Å²) in [7, 11) is 0. The summed E-state index contributed by atoms with van der Waals surface area (Å²) in [6.07, 6.45) is 0.286. The molecule has 90 valence electrons. The van der Waals surface area contributed by atoms with Crippen molar-refractivity contribution in [3.05, 3.63) is 23.8 Å². The van der Waals surface area contributed by atoms with Crippen LogP contribution in [0.3, 0.4) is 0 Å². The molecule has 2 rings (SSSR count). The summed E-state index contributed by atoms with van der Waals surface area (Å²) >= 11 is 0. The van der Waals surface area contributed by atoms with E-state index in [2.05, 4.69) is 0 Å². The molecule has 0 saturated carbocycles. The second-order valence-electron chi connectivity index (χ2n) is 4.41. The van der Waals surface area contributed by atoms with Crippen molar-refractivity contribution in [1.82, 2.24) is 0 Å². The van der Waals surface area contributed by atoms with Crippen LogP contribution in [0.2, 0.25) is 0 Å². The van der Waals surface area contributed by atoms with E-state index < -0.39 is 6.10 Å². The van der Waals surface area contributed by atoms with Gasteiger partial charge in [-0.3, -0.25) is 9.59 Å². The Bertz CT molecular complexity index is 468. The number of rotatable bonds is 2. The Hall–Kier alpha value is -1.84. The van der Waals surface area contributed by atoms with E-state index in [1.54, 1.807) is 30.0 Å². The van der Waals surface area contributed by atoms with Crippen molar-refractivity contribution in [1.29, 1.82) is 0 Å². The lowest BCUT2D eigenvalue weighted by Crippen LogP contribution is -2.47. The summed E-state index contributed by atoms with van der Waals surface area (Å²) < 4.78 is 5.52. The van der Waals surface area contributed by atoms with Gasteiger partial charge in [0.15, 0.2) is 6.10 Å². The molecule has 1 atom stereocenters. The second kappa shape index (κ2) is 4.20. The molecule has 0 bridgehead atoms. The molecule has 1 amide bonds. The van der Waals surface area contributed by atoms with Crippen LogP contribution in [0.1, 0.15) is 31.1 Å². The van der Waals surface area contributed by atoms with Gasteiger partial charge in [-0.1, -0.05) is 0 Å². The van der Waals surface area contributed by atoms with E-state index in [0.717, 1.165) is 6.29 Å². The van der Waals surface area contributed by atoms with Crippen LogP contribution < -0.4 is 9.64 Å². The Balaban J connectivity index is 2.55. The quantitative estimate of drug-likeness (QED) is 0.734. The third-order valence-corrected chi connectivity index (χ3v) is 2.78. The first kappa shape index (κ1) is 11.6. The van der Waals surface area contributed by atoms with E-state index in [9.17, 15) is 9.59 Å². The molecule has 1 aliphatic rings. The third-order valence-electron chi connectivity index (χ3n) is 2.78. The molecule has 4 heteroatoms. The number of aldehydes is 1. The molecule has 4 nitrogen and oxygen atoms in total. The largest absolute Gasteiger partial charge is 0.479 e. The summed E-state index contributed by atoms with van der Waals surface area (Å²) in [6.45, 7) is 5.61. The van der Waals surface area contributed by atoms with Crippen LogP contribution in [0, 0.1) is 0 Å². The molecule has 0 aromatic heterocycles. The second-order valence-corrected chi connectivity index (χ2v) is 4.41. The maximum absolute atomic E-state index is 12.0. The van der Waals surface area contributed by atoms with Crippen molar-refractivity contribution in [2.45, 2.75) is 32.9 Å². The lowest BCUT2D eigenvalue weighted by Gasteiger charge is -2.35. The first-order valence-electron chi connectivity index (χ1n) is 5.63. The number of nitrogens with zero attached hydrogens (tertiary/aromatic N) is 1. The monoisotopic (exact) mass is 233 g/mol. The zero-order chi connectivity index (χ0) is 12.6. The standard InChI is InChI=1S/C13H15NO3/c1-8(2)14-11-6-10(7-15)4-5-12(11)17-9(3)13(14)16/h4-9H,1-3H3. The molecule has 1 heterocycles. The summed E-state index contributed by atoms with van der Waals surface area (Å²) in [5.41, 5.74) is 1.22. The highest BCUT2D eigenvalue weighted by Crippen LogP contribution is 2.35. The van der Waals surface area contributed by atoms with E-state index in [4.69, 9.17) is 4.74 Å². The highest BCUT2D eigenvalue weighted by molar-refractivity contribution is 6.01. The van der Waals surface area contributed by atoms with Crippen LogP contribution in [0.5, 0.6) is 5.75 Å². The van der Waals surface area contributed by atoms with Gasteiger partial charge in [-0.05, 0) is 39.0 Å². The van der Waals surface area contributed by atoms with Crippen LogP contribution in [-0.2, 0) is 4.79 Å². The molecule has 1 unspecified atom stereocenters. The van der Waals surface area contributed by atoms with Crippen LogP contribution >= 0.6 is 0 Å². The van der Waals surface area contributed by atoms with Crippen LogP contribution in [0.25, 0.3) is 0 Å². The Kier molecular flexibility index (Phi) is 2.88. The third kappa shape index (κ3) is 1.90. The predicted molar refractivity (Wildman–Crippen MR) is 64.5 cm³/mol. The normalized spacial score (nSPS) is 18.9. The number of carbonyl (C=O) groups is 2. The molecular weight excluding hydrogens is 218 g/mol. The van der Waals surface area contributed by atoms with Crippen molar-refractivity contribution in [3.8, 4) is 5.75 Å². The van der Waals surface area contributed by atoms with Crippen molar-refractivity contribution in [3.63, 3.8) is 0 Å². The van der Waals surface area contributed by atoms with Gasteiger partial charge in [0.05, 0.1) is 5.69 Å². The fourth-order valence-electron chi connectivity index (χ4n) is 1.98. The molecule has 0 spiro atoms. The zero-order valence-corrected chi connectivity index (χ0v) is 10.1. The number of hydrogen-bond donors (Lipinski definition) is 0. The summed E-state index contributed by atoms with van der Waals surface area (Å²) in [5, 5.41) is 0. The number of anilines is 1. The van der Waals surface area contributed by atoms with E-state index in [-0.39, 0.29) is 11.9 Å². The van der Waals surface area contributed by atoms with Crippen molar-refractivity contribution >= 4 is 17.9 Å². The Labute approximate surface area is 100 Å². The van der Waals surface area contributed by atoms with Gasteiger partial charge in [-0.15, -0.1) is 0 Å². The Morgan fingerprint density at radius 2 is 2.12 bits per heavy atom. The molecule has 1 aliphatic heterocycles. The molecule has 0 fully saturated rings. The predicted octanol–water partition coefficient (Wildman–Crippen LogP) is 2.02. The molecule has 0 N–H and O–H groups in total. The average Bonchev–Trinajstić information content (AvgIpc) is 2.29. The smallest absolute Gasteiger partial charge is 0.268 e. The topological polar surface area (TPSA) is 46.6 Å². The molecule has 1 aromatic rings. The van der Waals surface area contributed by atoms with Gasteiger partial charge < -0.3 is 9.64 Å². The maximum Gasteiger partial charge on any atom is 0.268 e. The zero-order valence-electron chi connectivity index (χ0n) is 10.1. The van der Waals surface area contributed by atoms with Gasteiger partial charge in [0.2, 0.25) is 0 Å². The van der Waals surface area contributed by atoms with Gasteiger partial charge in [0, 0.05) is 11.6 Å². The minimum absolute atomic E-state index is 0.0366. The Morgan fingerprint density at radius 1 is 1.41 bits per heavy atom. The molecule has 17 heavy (non-hydrogen) atoms. The minimum atomic E-state index is -0.480. The minimum Gasteiger partial charge on any atom is -0.479 e. The number of hydrogen-bond acceptors (Lipinski definition) is 3. The summed E-state index contributed by atoms with van der Waals surface area (Å²) in [4.78, 5) is 24.5. The molecule has 0 radical (unpaired) electrons. The van der Waals surface area contributed by atoms with Gasteiger partial charge in [0.1, 0.15) is 12.0 Å². The molecule has 0 saturated heterocycles. The van der Waals surface area contributed by atoms with E-state index in [1.165, 1.54) is 0 Å². The van der Waals surface area contributed by atoms with Gasteiger partial charge in [0.25, 0.3) is 5.91 Å². The first-order chi connectivity index (χ1) is 8.04. The lowest BCUT2D eigenvalue weighted by atomic mass is 10.1.